The van der Waals surface area contributed by atoms with Gasteiger partial charge in [-0.15, -0.1) is 0 Å². The molecule has 0 spiro atoms. The number of carbonyl (C=O) groups is 1. The molecule has 2 atom stereocenters. The fraction of sp³-hybridized carbons (Fsp3) is 0.385. The topological polar surface area (TPSA) is 69.2 Å². The first-order chi connectivity index (χ1) is 8.66. The molecule has 0 amide bonds. The molecule has 3 rings (SSSR count). The van der Waals surface area contributed by atoms with Crippen molar-refractivity contribution in [1.82, 2.24) is 10.2 Å². The predicted octanol–water partition coefficient (Wildman–Crippen LogP) is 1.86. The lowest BCUT2D eigenvalue weighted by molar-refractivity contribution is -0.141. The van der Waals surface area contributed by atoms with Crippen molar-refractivity contribution < 1.29 is 9.90 Å². The van der Waals surface area contributed by atoms with Crippen molar-refractivity contribution in [3.05, 3.63) is 24.4 Å². The van der Waals surface area contributed by atoms with Gasteiger partial charge in [-0.25, -0.2) is 0 Å². The second kappa shape index (κ2) is 4.01. The maximum absolute atomic E-state index is 11.1. The minimum absolute atomic E-state index is 0.0341. The second-order valence-corrected chi connectivity index (χ2v) is 4.81. The molecule has 1 saturated heterocycles. The van der Waals surface area contributed by atoms with Crippen LogP contribution in [-0.2, 0) is 4.79 Å². The minimum atomic E-state index is -0.700. The maximum atomic E-state index is 11.1. The van der Waals surface area contributed by atoms with Crippen molar-refractivity contribution in [1.29, 1.82) is 0 Å². The second-order valence-electron chi connectivity index (χ2n) is 4.81. The molecule has 94 valence electrons. The van der Waals surface area contributed by atoms with E-state index in [0.717, 1.165) is 23.1 Å². The standard InChI is InChI=1S/C13H15N3O2/c1-8-11(13(17)18)4-5-16(8)10-2-3-12-9(6-10)7-14-15-12/h2-3,6-8,11H,4-5H2,1H3,(H,14,15)(H,17,18)/t8-,11+/m1/s1. The van der Waals surface area contributed by atoms with Gasteiger partial charge >= 0.3 is 5.97 Å². The number of anilines is 1. The third-order valence-electron chi connectivity index (χ3n) is 3.83. The van der Waals surface area contributed by atoms with Crippen LogP contribution >= 0.6 is 0 Å². The van der Waals surface area contributed by atoms with Crippen LogP contribution in [0.5, 0.6) is 0 Å². The normalized spacial score (nSPS) is 23.7. The first kappa shape index (κ1) is 11.1. The van der Waals surface area contributed by atoms with Crippen LogP contribution in [0.25, 0.3) is 10.9 Å². The van der Waals surface area contributed by atoms with Gasteiger partial charge in [0.15, 0.2) is 0 Å². The van der Waals surface area contributed by atoms with E-state index in [-0.39, 0.29) is 12.0 Å². The van der Waals surface area contributed by atoms with Gasteiger partial charge in [-0.05, 0) is 31.5 Å². The highest BCUT2D eigenvalue weighted by molar-refractivity contribution is 5.82. The van der Waals surface area contributed by atoms with Crippen LogP contribution in [0.1, 0.15) is 13.3 Å². The number of fused-ring (bicyclic) bond motifs is 1. The molecule has 0 bridgehead atoms. The lowest BCUT2D eigenvalue weighted by atomic mass is 10.0. The average molecular weight is 245 g/mol. The highest BCUT2D eigenvalue weighted by Crippen LogP contribution is 2.31. The Labute approximate surface area is 104 Å². The first-order valence-corrected chi connectivity index (χ1v) is 6.09. The van der Waals surface area contributed by atoms with E-state index in [1.165, 1.54) is 0 Å². The predicted molar refractivity (Wildman–Crippen MR) is 68.6 cm³/mol. The summed E-state index contributed by atoms with van der Waals surface area (Å²) in [7, 11) is 0. The smallest absolute Gasteiger partial charge is 0.308 e. The number of hydrogen-bond acceptors (Lipinski definition) is 3. The molecule has 0 aliphatic carbocycles. The monoisotopic (exact) mass is 245 g/mol. The number of H-pyrrole nitrogens is 1. The van der Waals surface area contributed by atoms with Crippen molar-refractivity contribution >= 4 is 22.6 Å². The molecular weight excluding hydrogens is 230 g/mol. The Morgan fingerprint density at radius 3 is 3.11 bits per heavy atom. The van der Waals surface area contributed by atoms with Crippen LogP contribution in [0, 0.1) is 5.92 Å². The largest absolute Gasteiger partial charge is 0.481 e. The van der Waals surface area contributed by atoms with E-state index in [9.17, 15) is 4.79 Å². The van der Waals surface area contributed by atoms with Crippen LogP contribution in [-0.4, -0.2) is 33.9 Å². The van der Waals surface area contributed by atoms with Crippen molar-refractivity contribution in [2.75, 3.05) is 11.4 Å². The van der Waals surface area contributed by atoms with E-state index in [1.54, 1.807) is 6.20 Å². The third-order valence-corrected chi connectivity index (χ3v) is 3.83. The number of aromatic amines is 1. The van der Waals surface area contributed by atoms with Crippen molar-refractivity contribution in [3.63, 3.8) is 0 Å². The molecule has 1 aliphatic rings. The lowest BCUT2D eigenvalue weighted by Crippen LogP contribution is -2.32. The Morgan fingerprint density at radius 2 is 2.39 bits per heavy atom. The molecule has 1 aromatic heterocycles. The molecule has 1 aliphatic heterocycles. The highest BCUT2D eigenvalue weighted by atomic mass is 16.4. The van der Waals surface area contributed by atoms with Gasteiger partial charge in [0.1, 0.15) is 0 Å². The molecule has 0 unspecified atom stereocenters. The highest BCUT2D eigenvalue weighted by Gasteiger charge is 2.35. The van der Waals surface area contributed by atoms with Crippen LogP contribution in [0.4, 0.5) is 5.69 Å². The Hall–Kier alpha value is -2.04. The molecule has 2 N–H and O–H groups in total. The number of aromatic nitrogens is 2. The maximum Gasteiger partial charge on any atom is 0.308 e. The van der Waals surface area contributed by atoms with E-state index in [2.05, 4.69) is 21.2 Å². The van der Waals surface area contributed by atoms with E-state index in [0.29, 0.717) is 6.42 Å². The van der Waals surface area contributed by atoms with Gasteiger partial charge in [-0.2, -0.15) is 5.10 Å². The average Bonchev–Trinajstić information content (AvgIpc) is 2.93. The molecule has 5 nitrogen and oxygen atoms in total. The quantitative estimate of drug-likeness (QED) is 0.847. The molecule has 0 radical (unpaired) electrons. The summed E-state index contributed by atoms with van der Waals surface area (Å²) in [6, 6.07) is 6.09. The number of nitrogens with one attached hydrogen (secondary N) is 1. The Bertz CT molecular complexity index is 593. The summed E-state index contributed by atoms with van der Waals surface area (Å²) >= 11 is 0. The van der Waals surface area contributed by atoms with E-state index < -0.39 is 5.97 Å². The van der Waals surface area contributed by atoms with Gasteiger partial charge in [-0.1, -0.05) is 0 Å². The first-order valence-electron chi connectivity index (χ1n) is 6.09. The number of nitrogens with zero attached hydrogens (tertiary/aromatic N) is 2. The summed E-state index contributed by atoms with van der Waals surface area (Å²) in [5.41, 5.74) is 2.07. The fourth-order valence-corrected chi connectivity index (χ4v) is 2.74. The molecule has 1 fully saturated rings. The van der Waals surface area contributed by atoms with Crippen LogP contribution in [0.15, 0.2) is 24.4 Å². The van der Waals surface area contributed by atoms with Crippen molar-refractivity contribution in [3.8, 4) is 0 Å². The third kappa shape index (κ3) is 1.63. The van der Waals surface area contributed by atoms with Gasteiger partial charge < -0.3 is 10.0 Å². The molecule has 18 heavy (non-hydrogen) atoms. The SMILES string of the molecule is C[C@@H]1[C@@H](C(=O)O)CCN1c1ccc2[nH]ncc2c1. The van der Waals surface area contributed by atoms with E-state index in [1.807, 2.05) is 19.1 Å². The Morgan fingerprint density at radius 1 is 1.56 bits per heavy atom. The van der Waals surface area contributed by atoms with Gasteiger partial charge in [-0.3, -0.25) is 9.89 Å². The summed E-state index contributed by atoms with van der Waals surface area (Å²) in [5, 5.41) is 17.1. The number of benzene rings is 1. The zero-order valence-corrected chi connectivity index (χ0v) is 10.1. The number of hydrogen-bond donors (Lipinski definition) is 2. The lowest BCUT2D eigenvalue weighted by Gasteiger charge is -2.25. The van der Waals surface area contributed by atoms with Crippen molar-refractivity contribution in [2.24, 2.45) is 5.92 Å². The zero-order valence-electron chi connectivity index (χ0n) is 10.1. The molecule has 1 aromatic carbocycles. The summed E-state index contributed by atoms with van der Waals surface area (Å²) in [5.74, 6) is -0.973. The molecule has 2 heterocycles. The van der Waals surface area contributed by atoms with Gasteiger partial charge in [0, 0.05) is 23.7 Å². The summed E-state index contributed by atoms with van der Waals surface area (Å²) < 4.78 is 0. The zero-order chi connectivity index (χ0) is 12.7. The van der Waals surface area contributed by atoms with Crippen LogP contribution in [0.3, 0.4) is 0 Å². The van der Waals surface area contributed by atoms with Crippen LogP contribution < -0.4 is 4.90 Å². The molecular formula is C13H15N3O2. The molecule has 5 heteroatoms. The van der Waals surface area contributed by atoms with E-state index >= 15 is 0 Å². The summed E-state index contributed by atoms with van der Waals surface area (Å²) in [4.78, 5) is 13.3. The van der Waals surface area contributed by atoms with Gasteiger partial charge in [0.25, 0.3) is 0 Å². The Kier molecular flexibility index (Phi) is 2.47. The number of carboxylic acids is 1. The summed E-state index contributed by atoms with van der Waals surface area (Å²) in [6.45, 7) is 2.77. The van der Waals surface area contributed by atoms with Crippen molar-refractivity contribution in [2.45, 2.75) is 19.4 Å². The number of aliphatic carboxylic acids is 1. The Balaban J connectivity index is 1.93. The number of carboxylic acid groups (broad SMARTS) is 1. The molecule has 0 saturated carbocycles. The van der Waals surface area contributed by atoms with Gasteiger partial charge in [0.05, 0.1) is 17.6 Å². The molecule has 2 aromatic rings. The number of rotatable bonds is 2. The van der Waals surface area contributed by atoms with Crippen LogP contribution in [0.2, 0.25) is 0 Å². The van der Waals surface area contributed by atoms with E-state index in [4.69, 9.17) is 5.11 Å². The fourth-order valence-electron chi connectivity index (χ4n) is 2.74. The van der Waals surface area contributed by atoms with Gasteiger partial charge in [0.2, 0.25) is 0 Å². The summed E-state index contributed by atoms with van der Waals surface area (Å²) in [6.07, 6.45) is 2.49. The minimum Gasteiger partial charge on any atom is -0.481 e.